The first-order valence-corrected chi connectivity index (χ1v) is 16.7. The molecule has 1 aromatic heterocycles. The Morgan fingerprint density at radius 1 is 0.551 bits per heavy atom. The van der Waals surface area contributed by atoms with Crippen LogP contribution in [0.3, 0.4) is 0 Å². The summed E-state index contributed by atoms with van der Waals surface area (Å²) in [4.78, 5) is 28.6. The van der Waals surface area contributed by atoms with Gasteiger partial charge in [0.15, 0.2) is 5.78 Å². The van der Waals surface area contributed by atoms with Gasteiger partial charge in [-0.25, -0.2) is 4.99 Å². The number of hydrogen-bond donors (Lipinski definition) is 2. The molecule has 234 valence electrons. The van der Waals surface area contributed by atoms with Crippen molar-refractivity contribution in [1.29, 1.82) is 0 Å². The Morgan fingerprint density at radius 3 is 1.73 bits per heavy atom. The number of nitrogens with one attached hydrogen (secondary N) is 2. The first kappa shape index (κ1) is 28.9. The molecule has 0 saturated heterocycles. The average molecular weight is 633 g/mol. The monoisotopic (exact) mass is 632 g/mol. The number of allylic oxidation sites excluding steroid dienone is 4. The Hall–Kier alpha value is -6.33. The number of benzene rings is 4. The van der Waals surface area contributed by atoms with Crippen LogP contribution in [0.4, 0.5) is 0 Å². The van der Waals surface area contributed by atoms with Crippen molar-refractivity contribution in [2.75, 3.05) is 0 Å². The second-order valence-electron chi connectivity index (χ2n) is 12.5. The Balaban J connectivity index is 1.39. The molecule has 0 fully saturated rings. The molecule has 0 amide bonds. The minimum Gasteiger partial charge on any atom is -0.371 e. The van der Waals surface area contributed by atoms with Crippen molar-refractivity contribution in [3.63, 3.8) is 0 Å². The predicted octanol–water partition coefficient (Wildman–Crippen LogP) is 6.92. The third-order valence-electron chi connectivity index (χ3n) is 9.54. The van der Waals surface area contributed by atoms with Crippen LogP contribution >= 0.6 is 0 Å². The Bertz CT molecular complexity index is 2440. The van der Waals surface area contributed by atoms with Crippen molar-refractivity contribution >= 4 is 39.5 Å². The molecule has 5 aromatic rings. The molecule has 49 heavy (non-hydrogen) atoms. The maximum absolute atomic E-state index is 14.1. The maximum atomic E-state index is 14.1. The van der Waals surface area contributed by atoms with Gasteiger partial charge in [-0.05, 0) is 59.4 Å². The van der Waals surface area contributed by atoms with E-state index in [1.165, 1.54) is 0 Å². The first-order chi connectivity index (χ1) is 24.2. The number of fused-ring (bicyclic) bond motifs is 6. The van der Waals surface area contributed by atoms with Gasteiger partial charge >= 0.3 is 0 Å². The van der Waals surface area contributed by atoms with Gasteiger partial charge in [0.1, 0.15) is 6.04 Å². The number of aliphatic imine (C=N–C) groups is 2. The van der Waals surface area contributed by atoms with E-state index in [0.29, 0.717) is 0 Å². The molecule has 0 radical (unpaired) electrons. The molecule has 0 saturated carbocycles. The maximum Gasteiger partial charge on any atom is 0.184 e. The smallest absolute Gasteiger partial charge is 0.184 e. The zero-order valence-corrected chi connectivity index (χ0v) is 26.7. The van der Waals surface area contributed by atoms with Crippen LogP contribution in [0.2, 0.25) is 0 Å². The van der Waals surface area contributed by atoms with Crippen molar-refractivity contribution in [2.45, 2.75) is 18.9 Å². The van der Waals surface area contributed by atoms with E-state index in [0.717, 1.165) is 96.6 Å². The molecule has 1 unspecified atom stereocenters. The molecular weight excluding hydrogens is 601 g/mol. The average Bonchev–Trinajstić information content (AvgIpc) is 3.98. The topological polar surface area (TPSA) is 69.6 Å². The van der Waals surface area contributed by atoms with Crippen LogP contribution in [0.1, 0.15) is 35.1 Å². The van der Waals surface area contributed by atoms with Crippen LogP contribution in [0.25, 0.3) is 22.3 Å². The van der Waals surface area contributed by atoms with E-state index in [-0.39, 0.29) is 5.78 Å². The lowest BCUT2D eigenvalue weighted by Crippen LogP contribution is -2.31. The highest BCUT2D eigenvalue weighted by Gasteiger charge is 2.35. The van der Waals surface area contributed by atoms with Crippen molar-refractivity contribution < 1.29 is 4.79 Å². The number of aromatic amines is 1. The van der Waals surface area contributed by atoms with Crippen molar-refractivity contribution in [3.05, 3.63) is 202 Å². The second-order valence-corrected chi connectivity index (χ2v) is 12.5. The zero-order chi connectivity index (χ0) is 32.7. The summed E-state index contributed by atoms with van der Waals surface area (Å²) in [6.45, 7) is 0. The van der Waals surface area contributed by atoms with Crippen molar-refractivity contribution in [2.24, 2.45) is 9.98 Å². The summed E-state index contributed by atoms with van der Waals surface area (Å²) < 4.78 is 0. The summed E-state index contributed by atoms with van der Waals surface area (Å²) >= 11 is 0. The molecule has 1 atom stereocenters. The van der Waals surface area contributed by atoms with Gasteiger partial charge in [-0.3, -0.25) is 9.79 Å². The van der Waals surface area contributed by atoms with E-state index >= 15 is 0 Å². The largest absolute Gasteiger partial charge is 0.371 e. The number of H-pyrrole nitrogens is 1. The Kier molecular flexibility index (Phi) is 7.09. The molecule has 0 spiro atoms. The van der Waals surface area contributed by atoms with Crippen LogP contribution in [0.15, 0.2) is 179 Å². The van der Waals surface area contributed by atoms with Gasteiger partial charge in [-0.1, -0.05) is 121 Å². The van der Waals surface area contributed by atoms with Crippen molar-refractivity contribution in [1.82, 2.24) is 10.3 Å². The molecule has 4 aromatic carbocycles. The molecule has 4 aliphatic heterocycles. The van der Waals surface area contributed by atoms with Crippen LogP contribution < -0.4 is 16.0 Å². The van der Waals surface area contributed by atoms with Crippen LogP contribution in [0, 0.1) is 0 Å². The van der Waals surface area contributed by atoms with Gasteiger partial charge in [0.25, 0.3) is 0 Å². The number of aromatic nitrogens is 1. The fourth-order valence-corrected chi connectivity index (χ4v) is 7.36. The van der Waals surface area contributed by atoms with E-state index < -0.39 is 6.04 Å². The lowest BCUT2D eigenvalue weighted by atomic mass is 9.94. The number of carbonyl (C=O) groups is 1. The summed E-state index contributed by atoms with van der Waals surface area (Å²) in [6, 6.07) is 45.0. The summed E-state index contributed by atoms with van der Waals surface area (Å²) in [7, 11) is 0. The molecule has 5 heterocycles. The first-order valence-electron chi connectivity index (χ1n) is 16.7. The number of carbonyl (C=O) groups excluding carboxylic acids is 1. The number of rotatable bonds is 4. The summed E-state index contributed by atoms with van der Waals surface area (Å²) in [6.07, 6.45) is 7.40. The molecule has 5 nitrogen and oxygen atoms in total. The van der Waals surface area contributed by atoms with Gasteiger partial charge in [0.05, 0.1) is 22.8 Å². The van der Waals surface area contributed by atoms with E-state index in [1.807, 2.05) is 54.6 Å². The normalized spacial score (nSPS) is 18.5. The lowest BCUT2D eigenvalue weighted by Gasteiger charge is -2.20. The van der Waals surface area contributed by atoms with Gasteiger partial charge < -0.3 is 10.3 Å². The molecule has 0 aliphatic carbocycles. The third kappa shape index (κ3) is 5.17. The fraction of sp³-hybridized carbons (Fsp3) is 0.0682. The Labute approximate surface area is 284 Å². The van der Waals surface area contributed by atoms with Crippen LogP contribution in [-0.4, -0.2) is 28.2 Å². The molecule has 9 rings (SSSR count). The molecule has 8 bridgehead atoms. The molecule has 4 aliphatic rings. The second kappa shape index (κ2) is 12.0. The highest BCUT2D eigenvalue weighted by Crippen LogP contribution is 2.38. The Morgan fingerprint density at radius 2 is 1.10 bits per heavy atom. The van der Waals surface area contributed by atoms with E-state index in [2.05, 4.69) is 101 Å². The van der Waals surface area contributed by atoms with Gasteiger partial charge in [-0.15, -0.1) is 0 Å². The SMILES string of the molecule is O=C1C=C2NC1C(c1ccccc1)=C1C=CC(=N1)C(c1ccccc1)=c1ccc([nH]1)=C(c1ccccc1)C1=NC(=C2c2ccccc2)CC1. The highest BCUT2D eigenvalue weighted by molar-refractivity contribution is 6.31. The third-order valence-corrected chi connectivity index (χ3v) is 9.54. The van der Waals surface area contributed by atoms with E-state index in [1.54, 1.807) is 6.08 Å². The number of hydrogen-bond acceptors (Lipinski definition) is 4. The quantitative estimate of drug-likeness (QED) is 0.226. The fourth-order valence-electron chi connectivity index (χ4n) is 7.36. The number of nitrogens with zero attached hydrogens (tertiary/aromatic N) is 2. The minimum atomic E-state index is -0.610. The van der Waals surface area contributed by atoms with Gasteiger partial charge in [0, 0.05) is 44.8 Å². The highest BCUT2D eigenvalue weighted by atomic mass is 16.1. The van der Waals surface area contributed by atoms with E-state index in [9.17, 15) is 4.79 Å². The van der Waals surface area contributed by atoms with Crippen LogP contribution in [-0.2, 0) is 4.79 Å². The summed E-state index contributed by atoms with van der Waals surface area (Å²) in [5.74, 6) is -0.00339. The minimum absolute atomic E-state index is 0.00339. The molecule has 5 heteroatoms. The lowest BCUT2D eigenvalue weighted by molar-refractivity contribution is -0.114. The van der Waals surface area contributed by atoms with E-state index in [4.69, 9.17) is 9.98 Å². The molecule has 2 N–H and O–H groups in total. The zero-order valence-electron chi connectivity index (χ0n) is 26.7. The molecular formula is C44H32N4O. The summed E-state index contributed by atoms with van der Waals surface area (Å²) in [5.41, 5.74) is 12.4. The van der Waals surface area contributed by atoms with Gasteiger partial charge in [-0.2, -0.15) is 0 Å². The predicted molar refractivity (Wildman–Crippen MR) is 198 cm³/mol. The van der Waals surface area contributed by atoms with Gasteiger partial charge in [0.2, 0.25) is 0 Å². The number of ketones is 1. The van der Waals surface area contributed by atoms with Crippen LogP contribution in [0.5, 0.6) is 0 Å². The summed E-state index contributed by atoms with van der Waals surface area (Å²) in [5, 5.41) is 5.64. The standard InChI is InChI=1S/C44H32N4O/c49-39-27-38-42(30-17-9-3-10-18-30)36-24-23-34(46-36)40(28-13-5-1-6-14-28)32-21-22-33(45-32)41(29-15-7-2-8-16-29)35-25-26-37(47-35)43(44(39)48-38)31-19-11-4-12-20-31/h1-22,25-27,44-45,48H,23-24H2. The van der Waals surface area contributed by atoms with Crippen molar-refractivity contribution in [3.8, 4) is 0 Å².